The Morgan fingerprint density at radius 3 is 2.68 bits per heavy atom. The van der Waals surface area contributed by atoms with Crippen LogP contribution in [-0.2, 0) is 25.0 Å². The van der Waals surface area contributed by atoms with Gasteiger partial charge < -0.3 is 14.4 Å². The standard InChI is InChI=1S/C26H27BrN4O3/c1-30-13-12-19(29-30)16-34-20-10-11-23-24(14-20)31(15-17-6-8-18(27)9-7-17)25(28-23)21-4-2-3-5-22(21)26(32)33/h6-14,21-22H,2-5,15-16H2,1H3,(H,32,33)/t21-,22?/m1/s1. The maximum absolute atomic E-state index is 12.1. The summed E-state index contributed by atoms with van der Waals surface area (Å²) in [4.78, 5) is 17.0. The monoisotopic (exact) mass is 522 g/mol. The van der Waals surface area contributed by atoms with E-state index in [0.717, 1.165) is 57.6 Å². The van der Waals surface area contributed by atoms with E-state index in [0.29, 0.717) is 19.6 Å². The van der Waals surface area contributed by atoms with E-state index in [4.69, 9.17) is 9.72 Å². The molecule has 176 valence electrons. The molecule has 5 rings (SSSR count). The van der Waals surface area contributed by atoms with Crippen molar-refractivity contribution in [1.29, 1.82) is 0 Å². The van der Waals surface area contributed by atoms with Crippen molar-refractivity contribution >= 4 is 32.9 Å². The third-order valence-corrected chi connectivity index (χ3v) is 7.10. The second-order valence-electron chi connectivity index (χ2n) is 8.94. The molecule has 2 aromatic carbocycles. The Morgan fingerprint density at radius 2 is 1.94 bits per heavy atom. The molecule has 4 aromatic rings. The molecule has 2 atom stereocenters. The van der Waals surface area contributed by atoms with E-state index in [9.17, 15) is 9.90 Å². The molecule has 1 aliphatic carbocycles. The molecule has 2 heterocycles. The topological polar surface area (TPSA) is 82.2 Å². The smallest absolute Gasteiger partial charge is 0.307 e. The van der Waals surface area contributed by atoms with Crippen LogP contribution in [0.3, 0.4) is 0 Å². The highest BCUT2D eigenvalue weighted by Crippen LogP contribution is 2.39. The van der Waals surface area contributed by atoms with Crippen LogP contribution in [0.15, 0.2) is 59.2 Å². The molecule has 1 saturated carbocycles. The van der Waals surface area contributed by atoms with Gasteiger partial charge in [0.1, 0.15) is 18.2 Å². The molecule has 8 heteroatoms. The lowest BCUT2D eigenvalue weighted by Crippen LogP contribution is -2.27. The number of hydrogen-bond acceptors (Lipinski definition) is 4. The zero-order valence-electron chi connectivity index (χ0n) is 19.0. The Labute approximate surface area is 206 Å². The zero-order valence-corrected chi connectivity index (χ0v) is 20.6. The molecule has 0 spiro atoms. The van der Waals surface area contributed by atoms with Gasteiger partial charge in [-0.05, 0) is 48.7 Å². The first-order valence-corrected chi connectivity index (χ1v) is 12.4. The number of rotatable bonds is 7. The van der Waals surface area contributed by atoms with Crippen LogP contribution in [0.4, 0.5) is 0 Å². The van der Waals surface area contributed by atoms with Gasteiger partial charge in [-0.3, -0.25) is 9.48 Å². The van der Waals surface area contributed by atoms with Crippen LogP contribution in [0.5, 0.6) is 5.75 Å². The number of fused-ring (bicyclic) bond motifs is 1. The molecule has 0 radical (unpaired) electrons. The third-order valence-electron chi connectivity index (χ3n) is 6.57. The Balaban J connectivity index is 1.54. The molecule has 0 amide bonds. The van der Waals surface area contributed by atoms with Crippen molar-refractivity contribution in [2.24, 2.45) is 13.0 Å². The molecule has 1 fully saturated rings. The number of carboxylic acid groups (broad SMARTS) is 1. The van der Waals surface area contributed by atoms with Crippen LogP contribution in [-0.4, -0.2) is 30.4 Å². The minimum atomic E-state index is -0.730. The molecule has 7 nitrogen and oxygen atoms in total. The summed E-state index contributed by atoms with van der Waals surface area (Å²) in [6.45, 7) is 0.995. The molecule has 1 unspecified atom stereocenters. The van der Waals surface area contributed by atoms with Gasteiger partial charge in [0.15, 0.2) is 0 Å². The van der Waals surface area contributed by atoms with E-state index in [1.807, 2.05) is 49.6 Å². The van der Waals surface area contributed by atoms with E-state index in [1.54, 1.807) is 4.68 Å². The van der Waals surface area contributed by atoms with Gasteiger partial charge in [0.25, 0.3) is 0 Å². The van der Waals surface area contributed by atoms with Crippen LogP contribution in [0, 0.1) is 5.92 Å². The Bertz CT molecular complexity index is 1310. The second kappa shape index (κ2) is 9.62. The van der Waals surface area contributed by atoms with E-state index in [1.165, 1.54) is 0 Å². The lowest BCUT2D eigenvalue weighted by Gasteiger charge is -2.28. The molecule has 0 bridgehead atoms. The summed E-state index contributed by atoms with van der Waals surface area (Å²) in [6.07, 6.45) is 5.40. The number of aromatic nitrogens is 4. The molecule has 34 heavy (non-hydrogen) atoms. The van der Waals surface area contributed by atoms with Crippen LogP contribution >= 0.6 is 15.9 Å². The predicted octanol–water partition coefficient (Wildman–Crippen LogP) is 5.52. The Morgan fingerprint density at radius 1 is 1.15 bits per heavy atom. The zero-order chi connectivity index (χ0) is 23.7. The van der Waals surface area contributed by atoms with Gasteiger partial charge in [0.2, 0.25) is 0 Å². The van der Waals surface area contributed by atoms with E-state index in [2.05, 4.69) is 37.7 Å². The number of aryl methyl sites for hydroxylation is 1. The van der Waals surface area contributed by atoms with E-state index in [-0.39, 0.29) is 5.92 Å². The van der Waals surface area contributed by atoms with Crippen molar-refractivity contribution in [3.05, 3.63) is 76.3 Å². The van der Waals surface area contributed by atoms with Gasteiger partial charge in [-0.25, -0.2) is 4.98 Å². The summed E-state index contributed by atoms with van der Waals surface area (Å²) in [6, 6.07) is 16.0. The minimum absolute atomic E-state index is 0.105. The number of imidazole rings is 1. The number of aliphatic carboxylic acids is 1. The largest absolute Gasteiger partial charge is 0.487 e. The van der Waals surface area contributed by atoms with Gasteiger partial charge in [-0.1, -0.05) is 40.9 Å². The summed E-state index contributed by atoms with van der Waals surface area (Å²) in [5.74, 6) is 0.347. The molecule has 2 aromatic heterocycles. The van der Waals surface area contributed by atoms with Gasteiger partial charge in [0, 0.05) is 36.2 Å². The third kappa shape index (κ3) is 4.73. The number of nitrogens with zero attached hydrogens (tertiary/aromatic N) is 4. The van der Waals surface area contributed by atoms with Crippen LogP contribution in [0.2, 0.25) is 0 Å². The summed E-state index contributed by atoms with van der Waals surface area (Å²) in [5, 5.41) is 14.3. The summed E-state index contributed by atoms with van der Waals surface area (Å²) in [7, 11) is 1.88. The highest BCUT2D eigenvalue weighted by Gasteiger charge is 2.35. The normalized spacial score (nSPS) is 18.3. The first-order chi connectivity index (χ1) is 16.5. The van der Waals surface area contributed by atoms with Crippen molar-refractivity contribution in [3.8, 4) is 5.75 Å². The summed E-state index contributed by atoms with van der Waals surface area (Å²) >= 11 is 3.50. The summed E-state index contributed by atoms with van der Waals surface area (Å²) < 4.78 is 11.0. The molecule has 1 aliphatic rings. The number of benzene rings is 2. The van der Waals surface area contributed by atoms with Crippen molar-refractivity contribution in [2.75, 3.05) is 0 Å². The predicted molar refractivity (Wildman–Crippen MR) is 133 cm³/mol. The molecule has 0 saturated heterocycles. The average Bonchev–Trinajstić information content (AvgIpc) is 3.42. The quantitative estimate of drug-likeness (QED) is 0.345. The Kier molecular flexibility index (Phi) is 6.41. The highest BCUT2D eigenvalue weighted by atomic mass is 79.9. The lowest BCUT2D eigenvalue weighted by atomic mass is 9.78. The highest BCUT2D eigenvalue weighted by molar-refractivity contribution is 9.10. The maximum atomic E-state index is 12.1. The number of hydrogen-bond donors (Lipinski definition) is 1. The van der Waals surface area contributed by atoms with Crippen molar-refractivity contribution in [2.45, 2.75) is 44.8 Å². The van der Waals surface area contributed by atoms with Crippen LogP contribution < -0.4 is 4.74 Å². The van der Waals surface area contributed by atoms with Crippen molar-refractivity contribution in [3.63, 3.8) is 0 Å². The van der Waals surface area contributed by atoms with E-state index < -0.39 is 11.9 Å². The van der Waals surface area contributed by atoms with Gasteiger partial charge >= 0.3 is 5.97 Å². The molecule has 0 aliphatic heterocycles. The van der Waals surface area contributed by atoms with Crippen LogP contribution in [0.25, 0.3) is 11.0 Å². The second-order valence-corrected chi connectivity index (χ2v) is 9.85. The van der Waals surface area contributed by atoms with Crippen LogP contribution in [0.1, 0.15) is 48.7 Å². The minimum Gasteiger partial charge on any atom is -0.487 e. The van der Waals surface area contributed by atoms with E-state index >= 15 is 0 Å². The fourth-order valence-corrected chi connectivity index (χ4v) is 5.13. The van der Waals surface area contributed by atoms with Crippen molar-refractivity contribution in [1.82, 2.24) is 19.3 Å². The maximum Gasteiger partial charge on any atom is 0.307 e. The fraction of sp³-hybridized carbons (Fsp3) is 0.346. The molecule has 1 N–H and O–H groups in total. The average molecular weight is 523 g/mol. The van der Waals surface area contributed by atoms with Gasteiger partial charge in [-0.2, -0.15) is 5.10 Å². The number of carbonyl (C=O) groups is 1. The van der Waals surface area contributed by atoms with Gasteiger partial charge in [0.05, 0.1) is 22.6 Å². The first-order valence-electron chi connectivity index (χ1n) is 11.6. The first kappa shape index (κ1) is 22.7. The number of halogens is 1. The number of ether oxygens (including phenoxy) is 1. The SMILES string of the molecule is Cn1ccc(COc2ccc3nc([C@@H]4CCCCC4C(=O)O)n(Cc4ccc(Br)cc4)c3c2)n1. The fourth-order valence-electron chi connectivity index (χ4n) is 4.87. The molecular weight excluding hydrogens is 496 g/mol. The number of carboxylic acids is 1. The van der Waals surface area contributed by atoms with Crippen molar-refractivity contribution < 1.29 is 14.6 Å². The molecular formula is C26H27BrN4O3. The Hall–Kier alpha value is -3.13. The summed E-state index contributed by atoms with van der Waals surface area (Å²) in [5.41, 5.74) is 3.79. The lowest BCUT2D eigenvalue weighted by molar-refractivity contribution is -0.143. The van der Waals surface area contributed by atoms with Gasteiger partial charge in [-0.15, -0.1) is 0 Å².